The lowest BCUT2D eigenvalue weighted by molar-refractivity contribution is 0.0711. The van der Waals surface area contributed by atoms with E-state index in [1.165, 1.54) is 11.1 Å². The summed E-state index contributed by atoms with van der Waals surface area (Å²) in [6.07, 6.45) is 2.59. The molecule has 0 spiro atoms. The van der Waals surface area contributed by atoms with E-state index < -0.39 is 0 Å². The van der Waals surface area contributed by atoms with Gasteiger partial charge in [0.1, 0.15) is 5.75 Å². The first kappa shape index (κ1) is 10.5. The summed E-state index contributed by atoms with van der Waals surface area (Å²) in [4.78, 5) is 0. The van der Waals surface area contributed by atoms with Gasteiger partial charge in [0.05, 0.1) is 13.2 Å². The molecule has 2 heteroatoms. The van der Waals surface area contributed by atoms with Gasteiger partial charge in [0.25, 0.3) is 0 Å². The summed E-state index contributed by atoms with van der Waals surface area (Å²) in [5.41, 5.74) is 2.82. The molecule has 0 aliphatic heterocycles. The minimum atomic E-state index is 0.351. The number of fused-ring (bicyclic) bond motifs is 1. The lowest BCUT2D eigenvalue weighted by atomic mass is 9.82. The van der Waals surface area contributed by atoms with Crippen molar-refractivity contribution >= 4 is 0 Å². The van der Waals surface area contributed by atoms with Crippen LogP contribution in [0.25, 0.3) is 0 Å². The molecule has 82 valence electrons. The van der Waals surface area contributed by atoms with Gasteiger partial charge in [0.15, 0.2) is 0 Å². The fourth-order valence-electron chi connectivity index (χ4n) is 2.42. The van der Waals surface area contributed by atoms with E-state index in [1.54, 1.807) is 14.2 Å². The van der Waals surface area contributed by atoms with Crippen molar-refractivity contribution in [1.82, 2.24) is 0 Å². The Morgan fingerprint density at radius 3 is 2.73 bits per heavy atom. The topological polar surface area (TPSA) is 18.5 Å². The van der Waals surface area contributed by atoms with Crippen molar-refractivity contribution in [2.24, 2.45) is 0 Å². The van der Waals surface area contributed by atoms with E-state index >= 15 is 0 Å². The summed E-state index contributed by atoms with van der Waals surface area (Å²) >= 11 is 0. The largest absolute Gasteiger partial charge is 0.497 e. The second-order valence-electron chi connectivity index (χ2n) is 4.17. The molecule has 1 aliphatic carbocycles. The zero-order valence-electron chi connectivity index (χ0n) is 9.62. The Hall–Kier alpha value is -1.02. The highest BCUT2D eigenvalue weighted by molar-refractivity contribution is 5.40. The maximum absolute atomic E-state index is 5.49. The second-order valence-corrected chi connectivity index (χ2v) is 4.17. The van der Waals surface area contributed by atoms with Gasteiger partial charge in [0.2, 0.25) is 0 Å². The number of hydrogen-bond acceptors (Lipinski definition) is 2. The van der Waals surface area contributed by atoms with Crippen LogP contribution >= 0.6 is 0 Å². The van der Waals surface area contributed by atoms with Gasteiger partial charge >= 0.3 is 0 Å². The third-order valence-corrected chi connectivity index (χ3v) is 3.40. The van der Waals surface area contributed by atoms with Gasteiger partial charge in [-0.05, 0) is 36.1 Å². The number of benzene rings is 1. The molecule has 0 saturated heterocycles. The fourth-order valence-corrected chi connectivity index (χ4v) is 2.42. The van der Waals surface area contributed by atoms with Crippen molar-refractivity contribution in [3.63, 3.8) is 0 Å². The third kappa shape index (κ3) is 1.86. The molecule has 2 rings (SSSR count). The smallest absolute Gasteiger partial charge is 0.119 e. The normalized spacial score (nSPS) is 24.7. The quantitative estimate of drug-likeness (QED) is 0.740. The van der Waals surface area contributed by atoms with Crippen LogP contribution in [0.5, 0.6) is 5.75 Å². The summed E-state index contributed by atoms with van der Waals surface area (Å²) in [6.45, 7) is 2.23. The number of methoxy groups -OCH3 is 2. The summed E-state index contributed by atoms with van der Waals surface area (Å²) in [7, 11) is 3.51. The Labute approximate surface area is 91.2 Å². The van der Waals surface area contributed by atoms with Crippen LogP contribution < -0.4 is 4.74 Å². The fraction of sp³-hybridized carbons (Fsp3) is 0.538. The second kappa shape index (κ2) is 4.23. The van der Waals surface area contributed by atoms with E-state index in [9.17, 15) is 0 Å². The molecule has 0 heterocycles. The Balaban J connectivity index is 2.35. The highest BCUT2D eigenvalue weighted by atomic mass is 16.5. The molecule has 0 saturated carbocycles. The highest BCUT2D eigenvalue weighted by Gasteiger charge is 2.26. The molecule has 2 unspecified atom stereocenters. The minimum absolute atomic E-state index is 0.351. The Morgan fingerprint density at radius 2 is 2.07 bits per heavy atom. The molecular weight excluding hydrogens is 188 g/mol. The number of aryl methyl sites for hydroxylation is 1. The maximum atomic E-state index is 5.49. The van der Waals surface area contributed by atoms with Crippen LogP contribution in [0.15, 0.2) is 18.2 Å². The van der Waals surface area contributed by atoms with Crippen molar-refractivity contribution in [3.05, 3.63) is 29.3 Å². The molecule has 1 aromatic rings. The molecule has 0 radical (unpaired) electrons. The SMILES string of the molecule is COc1ccc2c(c1)C(C)C(OC)CC2. The Morgan fingerprint density at radius 1 is 1.27 bits per heavy atom. The standard InChI is InChI=1S/C13H18O2/c1-9-12-8-11(14-2)6-4-10(12)5-7-13(9)15-3/h4,6,8-9,13H,5,7H2,1-3H3. The molecule has 0 N–H and O–H groups in total. The van der Waals surface area contributed by atoms with E-state index in [4.69, 9.17) is 9.47 Å². The molecule has 15 heavy (non-hydrogen) atoms. The first-order valence-corrected chi connectivity index (χ1v) is 5.46. The molecule has 1 aliphatic rings. The van der Waals surface area contributed by atoms with Gasteiger partial charge in [-0.3, -0.25) is 0 Å². The van der Waals surface area contributed by atoms with Crippen LogP contribution in [-0.4, -0.2) is 20.3 Å². The molecule has 0 aromatic heterocycles. The maximum Gasteiger partial charge on any atom is 0.119 e. The van der Waals surface area contributed by atoms with Crippen LogP contribution in [0.3, 0.4) is 0 Å². The van der Waals surface area contributed by atoms with Crippen LogP contribution in [0, 0.1) is 0 Å². The summed E-state index contributed by atoms with van der Waals surface area (Å²) in [6, 6.07) is 6.36. The van der Waals surface area contributed by atoms with Crippen LogP contribution in [0.2, 0.25) is 0 Å². The Kier molecular flexibility index (Phi) is 2.96. The molecule has 2 nitrogen and oxygen atoms in total. The molecule has 0 fully saturated rings. The van der Waals surface area contributed by atoms with Crippen molar-refractivity contribution in [2.45, 2.75) is 31.8 Å². The average molecular weight is 206 g/mol. The monoisotopic (exact) mass is 206 g/mol. The van der Waals surface area contributed by atoms with E-state index in [0.717, 1.165) is 18.6 Å². The van der Waals surface area contributed by atoms with Gasteiger partial charge < -0.3 is 9.47 Å². The Bertz CT molecular complexity index is 346. The van der Waals surface area contributed by atoms with Crippen molar-refractivity contribution in [1.29, 1.82) is 0 Å². The number of ether oxygens (including phenoxy) is 2. The van der Waals surface area contributed by atoms with Gasteiger partial charge in [-0.25, -0.2) is 0 Å². The van der Waals surface area contributed by atoms with Gasteiger partial charge in [-0.15, -0.1) is 0 Å². The number of hydrogen-bond donors (Lipinski definition) is 0. The van der Waals surface area contributed by atoms with E-state index in [2.05, 4.69) is 19.1 Å². The van der Waals surface area contributed by atoms with Gasteiger partial charge in [-0.1, -0.05) is 13.0 Å². The van der Waals surface area contributed by atoms with Crippen molar-refractivity contribution in [3.8, 4) is 5.75 Å². The van der Waals surface area contributed by atoms with Crippen molar-refractivity contribution < 1.29 is 9.47 Å². The molecule has 2 atom stereocenters. The summed E-state index contributed by atoms with van der Waals surface area (Å²) in [5, 5.41) is 0. The lowest BCUT2D eigenvalue weighted by Crippen LogP contribution is -2.25. The number of rotatable bonds is 2. The molecule has 1 aromatic carbocycles. The zero-order valence-corrected chi connectivity index (χ0v) is 9.62. The van der Waals surface area contributed by atoms with Crippen LogP contribution in [0.1, 0.15) is 30.4 Å². The summed E-state index contributed by atoms with van der Waals surface area (Å²) in [5.74, 6) is 1.41. The van der Waals surface area contributed by atoms with E-state index in [-0.39, 0.29) is 0 Å². The van der Waals surface area contributed by atoms with Gasteiger partial charge in [0, 0.05) is 13.0 Å². The first-order valence-electron chi connectivity index (χ1n) is 5.46. The average Bonchev–Trinajstić information content (AvgIpc) is 2.29. The highest BCUT2D eigenvalue weighted by Crippen LogP contribution is 2.35. The predicted octanol–water partition coefficient (Wildman–Crippen LogP) is 2.76. The zero-order chi connectivity index (χ0) is 10.8. The van der Waals surface area contributed by atoms with Gasteiger partial charge in [-0.2, -0.15) is 0 Å². The summed E-state index contributed by atoms with van der Waals surface area (Å²) < 4.78 is 10.7. The molecule has 0 bridgehead atoms. The van der Waals surface area contributed by atoms with Crippen LogP contribution in [-0.2, 0) is 11.2 Å². The van der Waals surface area contributed by atoms with Crippen LogP contribution in [0.4, 0.5) is 0 Å². The molecular formula is C13H18O2. The minimum Gasteiger partial charge on any atom is -0.497 e. The lowest BCUT2D eigenvalue weighted by Gasteiger charge is -2.30. The first-order chi connectivity index (χ1) is 7.26. The third-order valence-electron chi connectivity index (χ3n) is 3.40. The van der Waals surface area contributed by atoms with E-state index in [0.29, 0.717) is 12.0 Å². The predicted molar refractivity (Wildman–Crippen MR) is 60.5 cm³/mol. The van der Waals surface area contributed by atoms with Crippen molar-refractivity contribution in [2.75, 3.05) is 14.2 Å². The molecule has 0 amide bonds. The van der Waals surface area contributed by atoms with E-state index in [1.807, 2.05) is 6.07 Å².